The lowest BCUT2D eigenvalue weighted by atomic mass is 10.1. The van der Waals surface area contributed by atoms with Gasteiger partial charge in [-0.25, -0.2) is 0 Å². The molecule has 1 aromatic heterocycles. The third-order valence-electron chi connectivity index (χ3n) is 5.02. The Bertz CT molecular complexity index is 912. The molecule has 26 heavy (non-hydrogen) atoms. The Balaban J connectivity index is 1.38. The summed E-state index contributed by atoms with van der Waals surface area (Å²) < 4.78 is 0. The number of aryl methyl sites for hydroxylation is 1. The minimum atomic E-state index is 0.0817. The molecule has 132 valence electrons. The van der Waals surface area contributed by atoms with Gasteiger partial charge < -0.3 is 4.90 Å². The summed E-state index contributed by atoms with van der Waals surface area (Å²) in [6, 6.07) is 18.5. The van der Waals surface area contributed by atoms with Crippen LogP contribution in [0, 0.1) is 6.92 Å². The van der Waals surface area contributed by atoms with E-state index in [1.165, 1.54) is 11.1 Å². The van der Waals surface area contributed by atoms with E-state index in [1.807, 2.05) is 35.2 Å². The largest absolute Gasteiger partial charge is 0.336 e. The highest BCUT2D eigenvalue weighted by molar-refractivity contribution is 5.97. The van der Waals surface area contributed by atoms with Gasteiger partial charge in [-0.05, 0) is 24.6 Å². The first-order valence-electron chi connectivity index (χ1n) is 9.11. The molecule has 0 atom stereocenters. The van der Waals surface area contributed by atoms with E-state index in [1.54, 1.807) is 6.20 Å². The molecule has 0 unspecified atom stereocenters. The number of rotatable bonds is 3. The summed E-state index contributed by atoms with van der Waals surface area (Å²) in [5, 5.41) is 1.01. The maximum Gasteiger partial charge on any atom is 0.255 e. The Hall–Kier alpha value is -2.72. The number of hydrogen-bond donors (Lipinski definition) is 0. The number of amides is 1. The summed E-state index contributed by atoms with van der Waals surface area (Å²) in [6.07, 6.45) is 1.70. The number of para-hydroxylation sites is 1. The minimum Gasteiger partial charge on any atom is -0.336 e. The van der Waals surface area contributed by atoms with Gasteiger partial charge in [-0.1, -0.05) is 48.0 Å². The van der Waals surface area contributed by atoms with Gasteiger partial charge in [0.05, 0.1) is 11.1 Å². The molecule has 0 N–H and O–H groups in total. The van der Waals surface area contributed by atoms with Crippen LogP contribution in [0.2, 0.25) is 0 Å². The van der Waals surface area contributed by atoms with Crippen LogP contribution in [0.15, 0.2) is 60.8 Å². The molecule has 1 fully saturated rings. The van der Waals surface area contributed by atoms with E-state index in [2.05, 4.69) is 41.1 Å². The first kappa shape index (κ1) is 16.7. The van der Waals surface area contributed by atoms with Crippen LogP contribution in [-0.2, 0) is 6.54 Å². The summed E-state index contributed by atoms with van der Waals surface area (Å²) in [5.74, 6) is 0.0817. The highest BCUT2D eigenvalue weighted by Gasteiger charge is 2.22. The zero-order valence-corrected chi connectivity index (χ0v) is 15.1. The Morgan fingerprint density at radius 2 is 1.73 bits per heavy atom. The number of pyridine rings is 1. The average molecular weight is 345 g/mol. The monoisotopic (exact) mass is 345 g/mol. The first-order valence-corrected chi connectivity index (χ1v) is 9.11. The number of carbonyl (C=O) groups is 1. The number of fused-ring (bicyclic) bond motifs is 1. The fraction of sp³-hybridized carbons (Fsp3) is 0.273. The number of piperazine rings is 1. The van der Waals surface area contributed by atoms with Crippen LogP contribution in [0.3, 0.4) is 0 Å². The molecule has 1 amide bonds. The third kappa shape index (κ3) is 3.60. The van der Waals surface area contributed by atoms with E-state index in [0.717, 1.165) is 43.6 Å². The molecule has 1 aliphatic rings. The number of aromatic nitrogens is 1. The summed E-state index contributed by atoms with van der Waals surface area (Å²) in [5.41, 5.74) is 4.21. The predicted octanol–water partition coefficient (Wildman–Crippen LogP) is 3.50. The lowest BCUT2D eigenvalue weighted by Gasteiger charge is -2.34. The van der Waals surface area contributed by atoms with E-state index in [9.17, 15) is 4.79 Å². The zero-order chi connectivity index (χ0) is 17.9. The molecular formula is C22H23N3O. The van der Waals surface area contributed by atoms with Crippen molar-refractivity contribution in [2.24, 2.45) is 0 Å². The van der Waals surface area contributed by atoms with Crippen molar-refractivity contribution >= 4 is 16.8 Å². The number of carbonyl (C=O) groups excluding carboxylic acids is 1. The van der Waals surface area contributed by atoms with Crippen LogP contribution in [0.25, 0.3) is 10.9 Å². The van der Waals surface area contributed by atoms with Crippen molar-refractivity contribution in [1.82, 2.24) is 14.8 Å². The highest BCUT2D eigenvalue weighted by atomic mass is 16.2. The fourth-order valence-electron chi connectivity index (χ4n) is 3.43. The second kappa shape index (κ2) is 7.26. The molecule has 0 saturated carbocycles. The number of nitrogens with zero attached hydrogens (tertiary/aromatic N) is 3. The van der Waals surface area contributed by atoms with Gasteiger partial charge in [-0.2, -0.15) is 0 Å². The van der Waals surface area contributed by atoms with Gasteiger partial charge in [-0.15, -0.1) is 0 Å². The second-order valence-electron chi connectivity index (χ2n) is 6.97. The van der Waals surface area contributed by atoms with Gasteiger partial charge in [-0.3, -0.25) is 14.7 Å². The molecule has 0 bridgehead atoms. The molecule has 0 aliphatic carbocycles. The van der Waals surface area contributed by atoms with Gasteiger partial charge in [0.2, 0.25) is 0 Å². The molecule has 4 heteroatoms. The fourth-order valence-corrected chi connectivity index (χ4v) is 3.43. The van der Waals surface area contributed by atoms with Gasteiger partial charge in [0.25, 0.3) is 5.91 Å². The molecular weight excluding hydrogens is 322 g/mol. The molecule has 3 aromatic rings. The van der Waals surface area contributed by atoms with Gasteiger partial charge in [0.1, 0.15) is 0 Å². The molecule has 1 saturated heterocycles. The summed E-state index contributed by atoms with van der Waals surface area (Å²) in [7, 11) is 0. The van der Waals surface area contributed by atoms with E-state index in [0.29, 0.717) is 5.56 Å². The van der Waals surface area contributed by atoms with Crippen molar-refractivity contribution in [3.05, 3.63) is 77.5 Å². The Morgan fingerprint density at radius 1 is 1.00 bits per heavy atom. The second-order valence-corrected chi connectivity index (χ2v) is 6.97. The van der Waals surface area contributed by atoms with Gasteiger partial charge in [0, 0.05) is 44.3 Å². The normalized spacial score (nSPS) is 15.3. The van der Waals surface area contributed by atoms with E-state index >= 15 is 0 Å². The lowest BCUT2D eigenvalue weighted by molar-refractivity contribution is 0.0628. The van der Waals surface area contributed by atoms with Crippen molar-refractivity contribution in [3.8, 4) is 0 Å². The standard InChI is InChI=1S/C22H23N3O/c1-17-6-8-18(9-7-17)16-24-10-12-25(13-11-24)22(26)20-14-19-4-2-3-5-21(19)23-15-20/h2-9,14-15H,10-13,16H2,1H3. The lowest BCUT2D eigenvalue weighted by Crippen LogP contribution is -2.48. The molecule has 1 aliphatic heterocycles. The van der Waals surface area contributed by atoms with Crippen molar-refractivity contribution in [2.75, 3.05) is 26.2 Å². The first-order chi connectivity index (χ1) is 12.7. The van der Waals surface area contributed by atoms with Crippen molar-refractivity contribution < 1.29 is 4.79 Å². The van der Waals surface area contributed by atoms with Crippen LogP contribution in [0.1, 0.15) is 21.5 Å². The van der Waals surface area contributed by atoms with Gasteiger partial charge >= 0.3 is 0 Å². The Labute approximate surface area is 154 Å². The SMILES string of the molecule is Cc1ccc(CN2CCN(C(=O)c3cnc4ccccc4c3)CC2)cc1. The number of hydrogen-bond acceptors (Lipinski definition) is 3. The molecule has 0 radical (unpaired) electrons. The zero-order valence-electron chi connectivity index (χ0n) is 15.1. The molecule has 4 nitrogen and oxygen atoms in total. The summed E-state index contributed by atoms with van der Waals surface area (Å²) >= 11 is 0. The third-order valence-corrected chi connectivity index (χ3v) is 5.02. The van der Waals surface area contributed by atoms with Crippen molar-refractivity contribution in [1.29, 1.82) is 0 Å². The smallest absolute Gasteiger partial charge is 0.255 e. The van der Waals surface area contributed by atoms with Crippen LogP contribution < -0.4 is 0 Å². The van der Waals surface area contributed by atoms with Crippen molar-refractivity contribution in [3.63, 3.8) is 0 Å². The predicted molar refractivity (Wildman–Crippen MR) is 104 cm³/mol. The molecule has 4 rings (SSSR count). The van der Waals surface area contributed by atoms with Crippen LogP contribution in [0.5, 0.6) is 0 Å². The van der Waals surface area contributed by atoms with Crippen LogP contribution in [0.4, 0.5) is 0 Å². The molecule has 0 spiro atoms. The van der Waals surface area contributed by atoms with Crippen molar-refractivity contribution in [2.45, 2.75) is 13.5 Å². The highest BCUT2D eigenvalue weighted by Crippen LogP contribution is 2.16. The Morgan fingerprint density at radius 3 is 2.50 bits per heavy atom. The quantitative estimate of drug-likeness (QED) is 0.729. The van der Waals surface area contributed by atoms with E-state index < -0.39 is 0 Å². The summed E-state index contributed by atoms with van der Waals surface area (Å²) in [4.78, 5) is 21.6. The Kier molecular flexibility index (Phi) is 4.67. The average Bonchev–Trinajstić information content (AvgIpc) is 2.69. The van der Waals surface area contributed by atoms with E-state index in [-0.39, 0.29) is 5.91 Å². The van der Waals surface area contributed by atoms with Gasteiger partial charge in [0.15, 0.2) is 0 Å². The van der Waals surface area contributed by atoms with Crippen LogP contribution >= 0.6 is 0 Å². The summed E-state index contributed by atoms with van der Waals surface area (Å²) in [6.45, 7) is 6.38. The number of benzene rings is 2. The minimum absolute atomic E-state index is 0.0817. The van der Waals surface area contributed by atoms with Crippen LogP contribution in [-0.4, -0.2) is 46.9 Å². The van der Waals surface area contributed by atoms with E-state index in [4.69, 9.17) is 0 Å². The maximum atomic E-state index is 12.8. The molecule has 2 aromatic carbocycles. The maximum absolute atomic E-state index is 12.8. The molecule has 2 heterocycles. The topological polar surface area (TPSA) is 36.4 Å².